The number of fused-ring (bicyclic) bond motifs is 1. The molecule has 0 aliphatic heterocycles. The first-order valence-electron chi connectivity index (χ1n) is 3.82. The molecule has 60 valence electrons. The lowest BCUT2D eigenvalue weighted by Gasteiger charge is -2.01. The van der Waals surface area contributed by atoms with E-state index in [-0.39, 0.29) is 0 Å². The van der Waals surface area contributed by atoms with Crippen LogP contribution >= 0.6 is 0 Å². The summed E-state index contributed by atoms with van der Waals surface area (Å²) in [6, 6.07) is 0. The van der Waals surface area contributed by atoms with E-state index in [1.165, 1.54) is 0 Å². The largest absolute Gasteiger partial charge is 0.251 e. The van der Waals surface area contributed by atoms with Crippen LogP contribution in [-0.2, 0) is 0 Å². The van der Waals surface area contributed by atoms with E-state index < -0.39 is 0 Å². The minimum absolute atomic E-state index is 0.723. The molecule has 3 heteroatoms. The van der Waals surface area contributed by atoms with Gasteiger partial charge in [0.25, 0.3) is 0 Å². The topological polar surface area (TPSA) is 38.7 Å². The van der Waals surface area contributed by atoms with Crippen molar-refractivity contribution in [1.29, 1.82) is 0 Å². The molecule has 0 spiro atoms. The predicted octanol–water partition coefficient (Wildman–Crippen LogP) is 1.64. The number of hydrogen-bond donors (Lipinski definition) is 0. The fraction of sp³-hybridized carbons (Fsp3) is 0.222. The average Bonchev–Trinajstić information content (AvgIpc) is 2.12. The second-order valence-electron chi connectivity index (χ2n) is 2.79. The van der Waals surface area contributed by atoms with Gasteiger partial charge in [0.05, 0.1) is 0 Å². The molecule has 2 aromatic rings. The molecule has 0 aromatic carbocycles. The van der Waals surface area contributed by atoms with Crippen LogP contribution in [0.15, 0.2) is 18.6 Å². The molecule has 0 aliphatic carbocycles. The van der Waals surface area contributed by atoms with Crippen molar-refractivity contribution in [1.82, 2.24) is 15.0 Å². The van der Waals surface area contributed by atoms with Gasteiger partial charge in [-0.05, 0) is 25.0 Å². The fourth-order valence-electron chi connectivity index (χ4n) is 1.13. The smallest absolute Gasteiger partial charge is 0.178 e. The SMILES string of the molecule is Cc1cnc2nccnc2c1C. The molecule has 0 unspecified atom stereocenters. The summed E-state index contributed by atoms with van der Waals surface area (Å²) in [5, 5.41) is 0. The molecule has 0 radical (unpaired) electrons. The van der Waals surface area contributed by atoms with Crippen LogP contribution in [0.2, 0.25) is 0 Å². The van der Waals surface area contributed by atoms with E-state index >= 15 is 0 Å². The van der Waals surface area contributed by atoms with Crippen molar-refractivity contribution in [3.63, 3.8) is 0 Å². The van der Waals surface area contributed by atoms with Crippen LogP contribution in [-0.4, -0.2) is 15.0 Å². The quantitative estimate of drug-likeness (QED) is 0.586. The van der Waals surface area contributed by atoms with Crippen molar-refractivity contribution in [2.75, 3.05) is 0 Å². The maximum atomic E-state index is 4.22. The minimum atomic E-state index is 0.723. The molecule has 0 N–H and O–H groups in total. The summed E-state index contributed by atoms with van der Waals surface area (Å²) in [7, 11) is 0. The normalized spacial score (nSPS) is 10.5. The van der Waals surface area contributed by atoms with Crippen molar-refractivity contribution in [2.45, 2.75) is 13.8 Å². The zero-order valence-electron chi connectivity index (χ0n) is 7.07. The predicted molar refractivity (Wildman–Crippen MR) is 46.8 cm³/mol. The van der Waals surface area contributed by atoms with Gasteiger partial charge in [-0.1, -0.05) is 0 Å². The van der Waals surface area contributed by atoms with Crippen molar-refractivity contribution in [2.24, 2.45) is 0 Å². The number of hydrogen-bond acceptors (Lipinski definition) is 3. The molecule has 0 saturated heterocycles. The highest BCUT2D eigenvalue weighted by atomic mass is 14.9. The van der Waals surface area contributed by atoms with Crippen molar-refractivity contribution in [3.8, 4) is 0 Å². The van der Waals surface area contributed by atoms with Crippen LogP contribution in [0.4, 0.5) is 0 Å². The summed E-state index contributed by atoms with van der Waals surface area (Å²) >= 11 is 0. The maximum absolute atomic E-state index is 4.22. The van der Waals surface area contributed by atoms with Crippen molar-refractivity contribution in [3.05, 3.63) is 29.7 Å². The molecule has 3 nitrogen and oxygen atoms in total. The van der Waals surface area contributed by atoms with E-state index in [2.05, 4.69) is 15.0 Å². The van der Waals surface area contributed by atoms with Crippen LogP contribution in [0, 0.1) is 13.8 Å². The second-order valence-corrected chi connectivity index (χ2v) is 2.79. The van der Waals surface area contributed by atoms with E-state index in [1.54, 1.807) is 12.4 Å². The van der Waals surface area contributed by atoms with E-state index in [0.717, 1.165) is 22.3 Å². The Bertz CT molecular complexity index is 423. The van der Waals surface area contributed by atoms with Crippen LogP contribution in [0.1, 0.15) is 11.1 Å². The van der Waals surface area contributed by atoms with Gasteiger partial charge in [-0.3, -0.25) is 4.98 Å². The molecular formula is C9H9N3. The summed E-state index contributed by atoms with van der Waals surface area (Å²) in [5.74, 6) is 0. The van der Waals surface area contributed by atoms with E-state index in [9.17, 15) is 0 Å². The van der Waals surface area contributed by atoms with E-state index in [1.807, 2.05) is 20.0 Å². The highest BCUT2D eigenvalue weighted by Crippen LogP contribution is 2.13. The van der Waals surface area contributed by atoms with Gasteiger partial charge in [-0.2, -0.15) is 0 Å². The molecule has 0 bridgehead atoms. The van der Waals surface area contributed by atoms with Gasteiger partial charge in [-0.25, -0.2) is 9.97 Å². The Morgan fingerprint density at radius 2 is 1.75 bits per heavy atom. The van der Waals surface area contributed by atoms with Crippen molar-refractivity contribution < 1.29 is 0 Å². The summed E-state index contributed by atoms with van der Waals surface area (Å²) in [4.78, 5) is 12.5. The number of aromatic nitrogens is 3. The highest BCUT2D eigenvalue weighted by molar-refractivity contribution is 5.74. The van der Waals surface area contributed by atoms with Gasteiger partial charge in [0.2, 0.25) is 0 Å². The number of aryl methyl sites for hydroxylation is 2. The molecule has 0 saturated carbocycles. The molecule has 0 fully saturated rings. The lowest BCUT2D eigenvalue weighted by atomic mass is 10.1. The zero-order chi connectivity index (χ0) is 8.55. The van der Waals surface area contributed by atoms with E-state index in [4.69, 9.17) is 0 Å². The monoisotopic (exact) mass is 159 g/mol. The fourth-order valence-corrected chi connectivity index (χ4v) is 1.13. The van der Waals surface area contributed by atoms with Gasteiger partial charge < -0.3 is 0 Å². The van der Waals surface area contributed by atoms with Gasteiger partial charge in [0.1, 0.15) is 5.52 Å². The minimum Gasteiger partial charge on any atom is -0.251 e. The van der Waals surface area contributed by atoms with Crippen LogP contribution in [0.5, 0.6) is 0 Å². The van der Waals surface area contributed by atoms with E-state index in [0.29, 0.717) is 0 Å². The number of rotatable bonds is 0. The number of nitrogens with zero attached hydrogens (tertiary/aromatic N) is 3. The van der Waals surface area contributed by atoms with Gasteiger partial charge in [-0.15, -0.1) is 0 Å². The summed E-state index contributed by atoms with van der Waals surface area (Å²) in [5.41, 5.74) is 3.94. The standard InChI is InChI=1S/C9H9N3/c1-6-5-12-9-8(7(6)2)10-3-4-11-9/h3-5H,1-2H3. The molecule has 0 amide bonds. The third-order valence-electron chi connectivity index (χ3n) is 2.01. The molecular weight excluding hydrogens is 150 g/mol. The van der Waals surface area contributed by atoms with Crippen LogP contribution < -0.4 is 0 Å². The Morgan fingerprint density at radius 3 is 2.58 bits per heavy atom. The van der Waals surface area contributed by atoms with Gasteiger partial charge in [0.15, 0.2) is 5.65 Å². The highest BCUT2D eigenvalue weighted by Gasteiger charge is 2.01. The Labute approximate surface area is 70.5 Å². The summed E-state index contributed by atoms with van der Waals surface area (Å²) in [6.07, 6.45) is 5.17. The first kappa shape index (κ1) is 7.16. The first-order valence-corrected chi connectivity index (χ1v) is 3.82. The zero-order valence-corrected chi connectivity index (χ0v) is 7.07. The lowest BCUT2D eigenvalue weighted by Crippen LogP contribution is -1.91. The first-order chi connectivity index (χ1) is 5.79. The third-order valence-corrected chi connectivity index (χ3v) is 2.01. The molecule has 12 heavy (non-hydrogen) atoms. The maximum Gasteiger partial charge on any atom is 0.178 e. The van der Waals surface area contributed by atoms with Gasteiger partial charge in [0, 0.05) is 18.6 Å². The van der Waals surface area contributed by atoms with Crippen LogP contribution in [0.3, 0.4) is 0 Å². The Balaban J connectivity index is 2.91. The van der Waals surface area contributed by atoms with Gasteiger partial charge >= 0.3 is 0 Å². The molecule has 0 aliphatic rings. The number of pyridine rings is 1. The Kier molecular flexibility index (Phi) is 1.50. The Morgan fingerprint density at radius 1 is 1.00 bits per heavy atom. The summed E-state index contributed by atoms with van der Waals surface area (Å²) < 4.78 is 0. The molecule has 2 aromatic heterocycles. The lowest BCUT2D eigenvalue weighted by molar-refractivity contribution is 1.17. The Hall–Kier alpha value is -1.51. The molecule has 2 rings (SSSR count). The molecule has 0 atom stereocenters. The van der Waals surface area contributed by atoms with Crippen LogP contribution in [0.25, 0.3) is 11.2 Å². The second kappa shape index (κ2) is 2.52. The van der Waals surface area contributed by atoms with Crippen molar-refractivity contribution >= 4 is 11.2 Å². The molecule has 2 heterocycles. The summed E-state index contributed by atoms with van der Waals surface area (Å²) in [6.45, 7) is 4.06. The third kappa shape index (κ3) is 0.942. The average molecular weight is 159 g/mol.